The van der Waals surface area contributed by atoms with E-state index in [1.165, 1.54) is 0 Å². The fourth-order valence-electron chi connectivity index (χ4n) is 3.74. The van der Waals surface area contributed by atoms with Crippen molar-refractivity contribution in [3.8, 4) is 5.69 Å². The lowest BCUT2D eigenvalue weighted by molar-refractivity contribution is -0.127. The number of pyridine rings is 1. The lowest BCUT2D eigenvalue weighted by Gasteiger charge is -2.15. The summed E-state index contributed by atoms with van der Waals surface area (Å²) in [6, 6.07) is 11.3. The van der Waals surface area contributed by atoms with E-state index in [0.29, 0.717) is 25.1 Å². The van der Waals surface area contributed by atoms with Crippen LogP contribution in [0.15, 0.2) is 42.6 Å². The first-order valence-electron chi connectivity index (χ1n) is 10.2. The van der Waals surface area contributed by atoms with Crippen molar-refractivity contribution >= 4 is 23.0 Å². The fraction of sp³-hybridized carbons (Fsp3) is 0.364. The lowest BCUT2D eigenvalue weighted by Crippen LogP contribution is -2.30. The van der Waals surface area contributed by atoms with Gasteiger partial charge in [-0.1, -0.05) is 6.92 Å². The highest BCUT2D eigenvalue weighted by Crippen LogP contribution is 2.20. The number of nitrogens with zero attached hydrogens (tertiary/aromatic N) is 4. The standard InChI is InChI=1S/C22H25N5O2/c1-2-19-25-18-6-3-12-23-21(18)27(19)17-10-8-16(9-11-17)22(29)24-13-5-15-26-14-4-7-20(26)28/h3,6,8-12H,2,4-5,7,13-15H2,1H3,(H,24,29). The highest BCUT2D eigenvalue weighted by molar-refractivity contribution is 5.94. The van der Waals surface area contributed by atoms with Crippen LogP contribution in [-0.4, -0.2) is 50.9 Å². The average Bonchev–Trinajstić information content (AvgIpc) is 3.34. The molecule has 0 saturated carbocycles. The minimum Gasteiger partial charge on any atom is -0.352 e. The number of amides is 2. The summed E-state index contributed by atoms with van der Waals surface area (Å²) >= 11 is 0. The van der Waals surface area contributed by atoms with Gasteiger partial charge >= 0.3 is 0 Å². The summed E-state index contributed by atoms with van der Waals surface area (Å²) in [5, 5.41) is 2.94. The molecule has 29 heavy (non-hydrogen) atoms. The lowest BCUT2D eigenvalue weighted by atomic mass is 10.2. The highest BCUT2D eigenvalue weighted by atomic mass is 16.2. The third-order valence-corrected chi connectivity index (χ3v) is 5.25. The van der Waals surface area contributed by atoms with Crippen molar-refractivity contribution in [2.24, 2.45) is 0 Å². The first-order valence-corrected chi connectivity index (χ1v) is 10.2. The molecule has 0 spiro atoms. The number of fused-ring (bicyclic) bond motifs is 1. The van der Waals surface area contributed by atoms with Crippen molar-refractivity contribution in [2.45, 2.75) is 32.6 Å². The SMILES string of the molecule is CCc1nc2cccnc2n1-c1ccc(C(=O)NCCCN2CCCC2=O)cc1. The number of aromatic nitrogens is 3. The molecule has 0 unspecified atom stereocenters. The minimum absolute atomic E-state index is 0.103. The van der Waals surface area contributed by atoms with E-state index in [1.807, 2.05) is 45.9 Å². The van der Waals surface area contributed by atoms with E-state index in [4.69, 9.17) is 0 Å². The number of rotatable bonds is 7. The summed E-state index contributed by atoms with van der Waals surface area (Å²) in [5.41, 5.74) is 3.23. The van der Waals surface area contributed by atoms with E-state index in [1.54, 1.807) is 6.20 Å². The van der Waals surface area contributed by atoms with Gasteiger partial charge in [0, 0.05) is 49.9 Å². The van der Waals surface area contributed by atoms with Gasteiger partial charge in [-0.2, -0.15) is 0 Å². The maximum Gasteiger partial charge on any atom is 0.251 e. The van der Waals surface area contributed by atoms with Gasteiger partial charge in [-0.3, -0.25) is 14.2 Å². The highest BCUT2D eigenvalue weighted by Gasteiger charge is 2.19. The third kappa shape index (κ3) is 3.99. The topological polar surface area (TPSA) is 80.1 Å². The Hall–Kier alpha value is -3.22. The number of imidazole rings is 1. The molecule has 3 aromatic rings. The molecule has 1 aliphatic rings. The molecule has 7 heteroatoms. The fourth-order valence-corrected chi connectivity index (χ4v) is 3.74. The smallest absolute Gasteiger partial charge is 0.251 e. The van der Waals surface area contributed by atoms with E-state index >= 15 is 0 Å². The van der Waals surface area contributed by atoms with Crippen LogP contribution in [0.3, 0.4) is 0 Å². The molecule has 2 amide bonds. The number of nitrogens with one attached hydrogen (secondary N) is 1. The number of carbonyl (C=O) groups is 2. The summed E-state index contributed by atoms with van der Waals surface area (Å²) in [7, 11) is 0. The predicted molar refractivity (Wildman–Crippen MR) is 111 cm³/mol. The Labute approximate surface area is 169 Å². The summed E-state index contributed by atoms with van der Waals surface area (Å²) in [6.07, 6.45) is 4.91. The molecule has 0 radical (unpaired) electrons. The van der Waals surface area contributed by atoms with E-state index in [9.17, 15) is 9.59 Å². The molecule has 150 valence electrons. The number of benzene rings is 1. The maximum absolute atomic E-state index is 12.4. The number of carbonyl (C=O) groups excluding carboxylic acids is 2. The molecule has 7 nitrogen and oxygen atoms in total. The van der Waals surface area contributed by atoms with E-state index in [2.05, 4.69) is 22.2 Å². The second-order valence-electron chi connectivity index (χ2n) is 7.20. The molecular formula is C22H25N5O2. The molecule has 1 aliphatic heterocycles. The number of likely N-dealkylation sites (tertiary alicyclic amines) is 1. The van der Waals surface area contributed by atoms with Gasteiger partial charge in [-0.05, 0) is 49.2 Å². The van der Waals surface area contributed by atoms with Crippen LogP contribution in [0, 0.1) is 0 Å². The van der Waals surface area contributed by atoms with Crippen LogP contribution in [-0.2, 0) is 11.2 Å². The zero-order valence-electron chi connectivity index (χ0n) is 16.6. The van der Waals surface area contributed by atoms with Crippen LogP contribution in [0.4, 0.5) is 0 Å². The predicted octanol–water partition coefficient (Wildman–Crippen LogP) is 2.73. The second-order valence-corrected chi connectivity index (χ2v) is 7.20. The number of hydrogen-bond donors (Lipinski definition) is 1. The van der Waals surface area contributed by atoms with Crippen molar-refractivity contribution in [2.75, 3.05) is 19.6 Å². The molecule has 0 bridgehead atoms. The Kier molecular flexibility index (Phi) is 5.55. The van der Waals surface area contributed by atoms with Crippen LogP contribution in [0.5, 0.6) is 0 Å². The second kappa shape index (κ2) is 8.43. The van der Waals surface area contributed by atoms with E-state index in [0.717, 1.165) is 48.5 Å². The molecule has 2 aromatic heterocycles. The van der Waals surface area contributed by atoms with Gasteiger partial charge in [0.25, 0.3) is 5.91 Å². The van der Waals surface area contributed by atoms with Crippen molar-refractivity contribution < 1.29 is 9.59 Å². The molecule has 1 aromatic carbocycles. The zero-order valence-corrected chi connectivity index (χ0v) is 16.6. The van der Waals surface area contributed by atoms with Crippen LogP contribution in [0.1, 0.15) is 42.4 Å². The quantitative estimate of drug-likeness (QED) is 0.628. The number of hydrogen-bond acceptors (Lipinski definition) is 4. The van der Waals surface area contributed by atoms with Crippen molar-refractivity contribution in [1.82, 2.24) is 24.8 Å². The molecule has 1 N–H and O–H groups in total. The molecule has 4 rings (SSSR count). The van der Waals surface area contributed by atoms with Crippen LogP contribution in [0.2, 0.25) is 0 Å². The maximum atomic E-state index is 12.4. The average molecular weight is 391 g/mol. The molecule has 3 heterocycles. The third-order valence-electron chi connectivity index (χ3n) is 5.25. The Morgan fingerprint density at radius 1 is 1.21 bits per heavy atom. The molecule has 1 fully saturated rings. The Bertz CT molecular complexity index is 1030. The van der Waals surface area contributed by atoms with Gasteiger partial charge in [0.15, 0.2) is 5.65 Å². The normalized spacial score (nSPS) is 14.0. The molecule has 1 saturated heterocycles. The van der Waals surface area contributed by atoms with Crippen molar-refractivity contribution in [1.29, 1.82) is 0 Å². The summed E-state index contributed by atoms with van der Waals surface area (Å²) < 4.78 is 2.03. The summed E-state index contributed by atoms with van der Waals surface area (Å²) in [4.78, 5) is 35.0. The summed E-state index contributed by atoms with van der Waals surface area (Å²) in [6.45, 7) is 4.17. The first-order chi connectivity index (χ1) is 14.2. The van der Waals surface area contributed by atoms with Crippen LogP contribution in [0.25, 0.3) is 16.9 Å². The van der Waals surface area contributed by atoms with E-state index in [-0.39, 0.29) is 11.8 Å². The zero-order chi connectivity index (χ0) is 20.2. The summed E-state index contributed by atoms with van der Waals surface area (Å²) in [5.74, 6) is 1.06. The van der Waals surface area contributed by atoms with Crippen LogP contribution < -0.4 is 5.32 Å². The number of aryl methyl sites for hydroxylation is 1. The van der Waals surface area contributed by atoms with Crippen LogP contribution >= 0.6 is 0 Å². The van der Waals surface area contributed by atoms with Gasteiger partial charge in [0.1, 0.15) is 11.3 Å². The van der Waals surface area contributed by atoms with Gasteiger partial charge < -0.3 is 10.2 Å². The Morgan fingerprint density at radius 3 is 2.76 bits per heavy atom. The van der Waals surface area contributed by atoms with Crippen molar-refractivity contribution in [3.63, 3.8) is 0 Å². The largest absolute Gasteiger partial charge is 0.352 e. The van der Waals surface area contributed by atoms with Gasteiger partial charge in [-0.15, -0.1) is 0 Å². The Balaban J connectivity index is 1.40. The monoisotopic (exact) mass is 391 g/mol. The first kappa shape index (κ1) is 19.1. The van der Waals surface area contributed by atoms with E-state index < -0.39 is 0 Å². The molecule has 0 aliphatic carbocycles. The van der Waals surface area contributed by atoms with Gasteiger partial charge in [0.2, 0.25) is 5.91 Å². The molecular weight excluding hydrogens is 366 g/mol. The minimum atomic E-state index is -0.103. The molecule has 0 atom stereocenters. The Morgan fingerprint density at radius 2 is 2.03 bits per heavy atom. The van der Waals surface area contributed by atoms with Crippen molar-refractivity contribution in [3.05, 3.63) is 54.0 Å². The van der Waals surface area contributed by atoms with Gasteiger partial charge in [-0.25, -0.2) is 9.97 Å². The van der Waals surface area contributed by atoms with Gasteiger partial charge in [0.05, 0.1) is 0 Å².